The molecule has 1 rings (SSSR count). The Balaban J connectivity index is -0.0000000302. The summed E-state index contributed by atoms with van der Waals surface area (Å²) in [5, 5.41) is 10.8. The summed E-state index contributed by atoms with van der Waals surface area (Å²) in [6.07, 6.45) is 4.50. The third-order valence-corrected chi connectivity index (χ3v) is 1.37. The van der Waals surface area contributed by atoms with Crippen molar-refractivity contribution >= 4 is 43.7 Å². The van der Waals surface area contributed by atoms with Gasteiger partial charge in [-0.25, -0.2) is 0 Å². The van der Waals surface area contributed by atoms with Crippen molar-refractivity contribution in [1.29, 1.82) is 0 Å². The van der Waals surface area contributed by atoms with E-state index in [2.05, 4.69) is 16.0 Å². The Morgan fingerprint density at radius 1 is 0.727 bits per heavy atom. The molecule has 0 saturated carbocycles. The van der Waals surface area contributed by atoms with Crippen molar-refractivity contribution < 1.29 is 36.1 Å². The maximum atomic E-state index is 8.68. The van der Waals surface area contributed by atoms with Crippen LogP contribution in [-0.4, -0.2) is 58.1 Å². The smallest absolute Gasteiger partial charge is 0.00760 e. The van der Waals surface area contributed by atoms with E-state index >= 15 is 0 Å². The normalized spacial score (nSPS) is 11.6. The minimum absolute atomic E-state index is 0. The molecule has 22 heavy (non-hydrogen) atoms. The molecule has 2 N–H and O–H groups in total. The largest absolute Gasteiger partial charge is 0.660 e. The molecule has 0 aromatic rings. The Morgan fingerprint density at radius 3 is 1.18 bits per heavy atom. The van der Waals surface area contributed by atoms with Crippen molar-refractivity contribution in [2.45, 2.75) is 20.8 Å². The summed E-state index contributed by atoms with van der Waals surface area (Å²) >= 11 is 0. The van der Waals surface area contributed by atoms with E-state index in [1.807, 2.05) is 0 Å². The van der Waals surface area contributed by atoms with Gasteiger partial charge in [0.2, 0.25) is 0 Å². The third kappa shape index (κ3) is 88.1. The van der Waals surface area contributed by atoms with Crippen molar-refractivity contribution in [1.82, 2.24) is 10.6 Å². The molecule has 0 aromatic heterocycles. The van der Waals surface area contributed by atoms with E-state index < -0.39 is 0 Å². The van der Waals surface area contributed by atoms with Crippen molar-refractivity contribution in [3.8, 4) is 0 Å². The number of nitrogens with zero attached hydrogens (tertiary/aromatic N) is 1. The molecule has 1 aliphatic rings. The van der Waals surface area contributed by atoms with Crippen LogP contribution in [0.2, 0.25) is 0 Å². The van der Waals surface area contributed by atoms with Gasteiger partial charge in [-0.15, -0.1) is 37.9 Å². The van der Waals surface area contributed by atoms with Crippen LogP contribution < -0.4 is 10.6 Å². The van der Waals surface area contributed by atoms with Gasteiger partial charge in [0, 0.05) is 34.8 Å². The number of hydrogen-bond acceptors (Lipinski definition) is 5. The molecule has 0 radical (unpaired) electrons. The first-order valence-electron chi connectivity index (χ1n) is 5.66. The van der Waals surface area contributed by atoms with Gasteiger partial charge in [0.1, 0.15) is 0 Å². The summed E-state index contributed by atoms with van der Waals surface area (Å²) in [6.45, 7) is 10.2. The maximum absolute atomic E-state index is 8.68. The fourth-order valence-electron chi connectivity index (χ4n) is 0.855. The topological polar surface area (TPSA) is 89.4 Å². The third-order valence-electron chi connectivity index (χ3n) is 1.37. The molecule has 0 unspecified atom stereocenters. The average Bonchev–Trinajstić information content (AvgIpc) is 2.47. The molecule has 1 heterocycles. The Morgan fingerprint density at radius 2 is 0.955 bits per heavy atom. The Bertz CT molecular complexity index is 140. The second-order valence-electron chi connectivity index (χ2n) is 2.78. The zero-order valence-electron chi connectivity index (χ0n) is 13.7. The maximum Gasteiger partial charge on any atom is 0.00760 e. The molecule has 0 spiro atoms. The Hall–Kier alpha value is 0.184. The molecule has 1 fully saturated rings. The minimum atomic E-state index is 0. The molecule has 1 saturated heterocycles. The molecule has 0 bridgehead atoms. The average molecular weight is 393 g/mol. The van der Waals surface area contributed by atoms with Crippen LogP contribution in [0.4, 0.5) is 0 Å². The Labute approximate surface area is 163 Å². The molecular formula is C13H28Cl2N3O3Ti-5. The van der Waals surface area contributed by atoms with E-state index in [0.29, 0.717) is 0 Å². The zero-order valence-corrected chi connectivity index (χ0v) is 16.9. The fraction of sp³-hybridized carbons (Fsp3) is 0.692. The van der Waals surface area contributed by atoms with Crippen LogP contribution in [0, 0.1) is 7.43 Å². The van der Waals surface area contributed by atoms with Crippen molar-refractivity contribution in [3.05, 3.63) is 12.7 Å². The van der Waals surface area contributed by atoms with E-state index in [1.165, 1.54) is 39.6 Å². The van der Waals surface area contributed by atoms with Gasteiger partial charge in [-0.3, -0.25) is 18.9 Å². The first-order chi connectivity index (χ1) is 8.74. The standard InChI is InChI=1S/C6H14N3.3C2H3O.CH3.2ClH.Ti/c1-2-8-5-6-9-4-3-7-1;3*1-2-3;;;;/h7-8H,1-6H2;3*1H3;1H3;2*1H;/q5*-1;;;. The summed E-state index contributed by atoms with van der Waals surface area (Å²) in [5.41, 5.74) is 0. The van der Waals surface area contributed by atoms with Crippen molar-refractivity contribution in [3.63, 3.8) is 0 Å². The number of nitrogens with one attached hydrogen (secondary N) is 2. The molecule has 1 aliphatic heterocycles. The molecule has 0 amide bonds. The number of halogens is 2. The van der Waals surface area contributed by atoms with E-state index in [9.17, 15) is 0 Å². The van der Waals surface area contributed by atoms with E-state index in [0.717, 1.165) is 39.3 Å². The van der Waals surface area contributed by atoms with Crippen molar-refractivity contribution in [2.24, 2.45) is 0 Å². The van der Waals surface area contributed by atoms with Crippen LogP contribution >= 0.6 is 24.8 Å². The van der Waals surface area contributed by atoms with Gasteiger partial charge in [0.25, 0.3) is 0 Å². The fourth-order valence-corrected chi connectivity index (χ4v) is 0.855. The first-order valence-corrected chi connectivity index (χ1v) is 5.66. The number of carbonyl (C=O) groups excluding carboxylic acids is 3. The first kappa shape index (κ1) is 43.2. The van der Waals surface area contributed by atoms with Gasteiger partial charge in [-0.2, -0.15) is 20.8 Å². The van der Waals surface area contributed by atoms with Crippen LogP contribution in [0.15, 0.2) is 0 Å². The van der Waals surface area contributed by atoms with E-state index in [1.54, 1.807) is 0 Å². The molecule has 0 aliphatic carbocycles. The predicted molar refractivity (Wildman–Crippen MR) is 93.8 cm³/mol. The summed E-state index contributed by atoms with van der Waals surface area (Å²) in [6, 6.07) is 0. The predicted octanol–water partition coefficient (Wildman–Crippen LogP) is 1.19. The summed E-state index contributed by atoms with van der Waals surface area (Å²) in [5.74, 6) is 0. The monoisotopic (exact) mass is 392 g/mol. The molecule has 0 atom stereocenters. The summed E-state index contributed by atoms with van der Waals surface area (Å²) in [7, 11) is 0. The van der Waals surface area contributed by atoms with Crippen LogP contribution in [0.3, 0.4) is 0 Å². The van der Waals surface area contributed by atoms with E-state index in [4.69, 9.17) is 14.4 Å². The van der Waals surface area contributed by atoms with Crippen LogP contribution in [0.1, 0.15) is 20.8 Å². The van der Waals surface area contributed by atoms with Gasteiger partial charge in [-0.1, -0.05) is 0 Å². The molecule has 6 nitrogen and oxygen atoms in total. The van der Waals surface area contributed by atoms with Gasteiger partial charge >= 0.3 is 0 Å². The molecule has 136 valence electrons. The summed E-state index contributed by atoms with van der Waals surface area (Å²) < 4.78 is 0. The SMILES string of the molecule is C1CNCCNCC[N-]1.C[C-]=O.C[C-]=O.C[C-]=O.Cl.Cl.[CH3-].[Ti]. The number of rotatable bonds is 0. The van der Waals surface area contributed by atoms with Gasteiger partial charge in [0.05, 0.1) is 0 Å². The molecule has 9 heteroatoms. The Kier molecular flexibility index (Phi) is 114. The minimum Gasteiger partial charge on any atom is -0.660 e. The van der Waals surface area contributed by atoms with Gasteiger partial charge in [0.15, 0.2) is 0 Å². The molecular weight excluding hydrogens is 365 g/mol. The van der Waals surface area contributed by atoms with Crippen LogP contribution in [-0.2, 0) is 36.1 Å². The second-order valence-corrected chi connectivity index (χ2v) is 2.78. The zero-order chi connectivity index (χ0) is 14.5. The number of hydrogen-bond donors (Lipinski definition) is 2. The van der Waals surface area contributed by atoms with E-state index in [-0.39, 0.29) is 54.0 Å². The van der Waals surface area contributed by atoms with Crippen molar-refractivity contribution in [2.75, 3.05) is 39.3 Å². The second kappa shape index (κ2) is 58.1. The summed E-state index contributed by atoms with van der Waals surface area (Å²) in [4.78, 5) is 26.0. The molecule has 0 aromatic carbocycles. The quantitative estimate of drug-likeness (QED) is 0.477. The van der Waals surface area contributed by atoms with Crippen LogP contribution in [0.25, 0.3) is 5.32 Å². The van der Waals surface area contributed by atoms with Crippen LogP contribution in [0.5, 0.6) is 0 Å². The van der Waals surface area contributed by atoms with Gasteiger partial charge in [-0.05, 0) is 13.1 Å². The van der Waals surface area contributed by atoms with Gasteiger partial charge < -0.3 is 37.8 Å².